The summed E-state index contributed by atoms with van der Waals surface area (Å²) in [6.45, 7) is 3.45. The van der Waals surface area contributed by atoms with E-state index in [4.69, 9.17) is 4.74 Å². The number of para-hydroxylation sites is 1. The molecule has 0 amide bonds. The summed E-state index contributed by atoms with van der Waals surface area (Å²) in [5.74, 6) is 0.208. The van der Waals surface area contributed by atoms with Crippen LogP contribution < -0.4 is 4.74 Å². The topological polar surface area (TPSA) is 49.9 Å². The van der Waals surface area contributed by atoms with Crippen molar-refractivity contribution in [1.82, 2.24) is 9.21 Å². The molecule has 0 atom stereocenters. The van der Waals surface area contributed by atoms with Crippen molar-refractivity contribution in [2.75, 3.05) is 33.3 Å². The van der Waals surface area contributed by atoms with Crippen molar-refractivity contribution in [3.8, 4) is 5.75 Å². The molecule has 1 saturated heterocycles. The highest BCUT2D eigenvalue weighted by Crippen LogP contribution is 2.38. The van der Waals surface area contributed by atoms with Gasteiger partial charge in [-0.05, 0) is 55.8 Å². The number of ether oxygens (including phenoxy) is 1. The van der Waals surface area contributed by atoms with Crippen LogP contribution in [0.2, 0.25) is 0 Å². The summed E-state index contributed by atoms with van der Waals surface area (Å²) in [6, 6.07) is 13.5. The molecule has 0 bridgehead atoms. The summed E-state index contributed by atoms with van der Waals surface area (Å²) in [4.78, 5) is 2.57. The van der Waals surface area contributed by atoms with Gasteiger partial charge in [-0.1, -0.05) is 24.3 Å². The van der Waals surface area contributed by atoms with Crippen molar-refractivity contribution in [3.05, 3.63) is 59.9 Å². The third kappa shape index (κ3) is 3.79. The Morgan fingerprint density at radius 1 is 1.07 bits per heavy atom. The molecule has 2 aromatic rings. The van der Waals surface area contributed by atoms with Gasteiger partial charge < -0.3 is 4.74 Å². The van der Waals surface area contributed by atoms with E-state index in [0.717, 1.165) is 38.0 Å². The van der Waals surface area contributed by atoms with Crippen LogP contribution >= 0.6 is 0 Å². The van der Waals surface area contributed by atoms with Gasteiger partial charge in [0, 0.05) is 25.6 Å². The van der Waals surface area contributed by atoms with Gasteiger partial charge in [0.25, 0.3) is 0 Å². The summed E-state index contributed by atoms with van der Waals surface area (Å²) < 4.78 is 46.5. The molecule has 2 aromatic carbocycles. The second-order valence-electron chi connectivity index (χ2n) is 7.90. The average molecular weight is 405 g/mol. The largest absolute Gasteiger partial charge is 0.492 e. The highest BCUT2D eigenvalue weighted by Gasteiger charge is 2.41. The van der Waals surface area contributed by atoms with Crippen LogP contribution in [0, 0.1) is 11.2 Å². The third-order valence-corrected chi connectivity index (χ3v) is 7.71. The van der Waals surface area contributed by atoms with Gasteiger partial charge in [-0.3, -0.25) is 4.90 Å². The molecular weight excluding hydrogens is 379 g/mol. The second kappa shape index (κ2) is 7.46. The first-order chi connectivity index (χ1) is 13.4. The van der Waals surface area contributed by atoms with Crippen LogP contribution in [0.4, 0.5) is 4.39 Å². The summed E-state index contributed by atoms with van der Waals surface area (Å²) in [6.07, 6.45) is 1.71. The highest BCUT2D eigenvalue weighted by molar-refractivity contribution is 7.89. The number of hydrogen-bond acceptors (Lipinski definition) is 4. The lowest BCUT2D eigenvalue weighted by molar-refractivity contribution is 0.0361. The first-order valence-electron chi connectivity index (χ1n) is 9.53. The quantitative estimate of drug-likeness (QED) is 0.772. The van der Waals surface area contributed by atoms with Gasteiger partial charge in [0.15, 0.2) is 0 Å². The first kappa shape index (κ1) is 19.4. The fourth-order valence-corrected chi connectivity index (χ4v) is 5.53. The number of likely N-dealkylation sites (tertiary alicyclic amines) is 1. The molecule has 0 aliphatic carbocycles. The van der Waals surface area contributed by atoms with E-state index < -0.39 is 10.0 Å². The molecule has 1 spiro atoms. The smallest absolute Gasteiger partial charge is 0.246 e. The summed E-state index contributed by atoms with van der Waals surface area (Å²) in [5, 5.41) is 0. The Labute approximate surface area is 165 Å². The maximum absolute atomic E-state index is 13.1. The second-order valence-corrected chi connectivity index (χ2v) is 9.91. The Kier molecular flexibility index (Phi) is 5.16. The van der Waals surface area contributed by atoms with Crippen molar-refractivity contribution in [1.29, 1.82) is 0 Å². The number of halogens is 1. The van der Waals surface area contributed by atoms with Crippen LogP contribution in [-0.2, 0) is 16.6 Å². The predicted octanol–water partition coefficient (Wildman–Crippen LogP) is 3.12. The minimum absolute atomic E-state index is 0.200. The molecule has 0 radical (unpaired) electrons. The Morgan fingerprint density at radius 2 is 1.75 bits per heavy atom. The summed E-state index contributed by atoms with van der Waals surface area (Å²) >= 11 is 0. The van der Waals surface area contributed by atoms with Crippen molar-refractivity contribution < 1.29 is 17.5 Å². The molecule has 0 saturated carbocycles. The molecule has 2 heterocycles. The maximum atomic E-state index is 13.1. The number of sulfonamides is 1. The monoisotopic (exact) mass is 404 g/mol. The van der Waals surface area contributed by atoms with Gasteiger partial charge in [0.1, 0.15) is 16.5 Å². The molecule has 2 aliphatic heterocycles. The van der Waals surface area contributed by atoms with Crippen molar-refractivity contribution in [3.63, 3.8) is 0 Å². The molecule has 0 aromatic heterocycles. The molecule has 5 nitrogen and oxygen atoms in total. The summed E-state index contributed by atoms with van der Waals surface area (Å²) in [5.41, 5.74) is 0.883. The van der Waals surface area contributed by atoms with Gasteiger partial charge in [0.05, 0.1) is 6.61 Å². The van der Waals surface area contributed by atoms with Crippen molar-refractivity contribution in [2.45, 2.75) is 24.3 Å². The van der Waals surface area contributed by atoms with Crippen molar-refractivity contribution in [2.24, 2.45) is 5.41 Å². The zero-order valence-electron chi connectivity index (χ0n) is 16.0. The van der Waals surface area contributed by atoms with E-state index in [1.165, 1.54) is 16.4 Å². The van der Waals surface area contributed by atoms with Gasteiger partial charge >= 0.3 is 0 Å². The molecule has 150 valence electrons. The first-order valence-corrected chi connectivity index (χ1v) is 11.0. The average Bonchev–Trinajstić information content (AvgIpc) is 2.69. The Hall–Kier alpha value is -1.96. The van der Waals surface area contributed by atoms with E-state index in [9.17, 15) is 12.8 Å². The standard InChI is InChI=1S/C21H25FN2O3S/c1-23-15-21(16-27-19-4-2-3-5-20(19)28(23,25)26)10-12-24(13-11-21)14-17-6-8-18(22)9-7-17/h2-9H,10-16H2,1H3. The van der Waals surface area contributed by atoms with Gasteiger partial charge in [-0.25, -0.2) is 17.1 Å². The molecule has 0 unspecified atom stereocenters. The molecule has 2 aliphatic rings. The molecule has 1 fully saturated rings. The van der Waals surface area contributed by atoms with Crippen molar-refractivity contribution >= 4 is 10.0 Å². The minimum Gasteiger partial charge on any atom is -0.492 e. The van der Waals surface area contributed by atoms with Crippen LogP contribution in [0.25, 0.3) is 0 Å². The minimum atomic E-state index is -3.56. The Balaban J connectivity index is 1.48. The van der Waals surface area contributed by atoms with Gasteiger partial charge in [-0.2, -0.15) is 0 Å². The van der Waals surface area contributed by atoms with Crippen LogP contribution in [0.5, 0.6) is 5.75 Å². The lowest BCUT2D eigenvalue weighted by Crippen LogP contribution is -2.50. The Bertz CT molecular complexity index is 938. The van der Waals surface area contributed by atoms with Crippen LogP contribution in [0.15, 0.2) is 53.4 Å². The zero-order chi connectivity index (χ0) is 19.8. The number of piperidine rings is 1. The molecule has 28 heavy (non-hydrogen) atoms. The fraction of sp³-hybridized carbons (Fsp3) is 0.429. The van der Waals surface area contributed by atoms with E-state index in [1.54, 1.807) is 31.3 Å². The number of fused-ring (bicyclic) bond motifs is 1. The third-order valence-electron chi connectivity index (χ3n) is 5.87. The highest BCUT2D eigenvalue weighted by atomic mass is 32.2. The van der Waals surface area contributed by atoms with E-state index >= 15 is 0 Å². The number of rotatable bonds is 2. The maximum Gasteiger partial charge on any atom is 0.246 e. The Morgan fingerprint density at radius 3 is 2.46 bits per heavy atom. The number of nitrogens with zero attached hydrogens (tertiary/aromatic N) is 2. The lowest BCUT2D eigenvalue weighted by atomic mass is 9.78. The van der Waals surface area contributed by atoms with Gasteiger partial charge in [0.2, 0.25) is 10.0 Å². The van der Waals surface area contributed by atoms with E-state index in [2.05, 4.69) is 4.90 Å². The lowest BCUT2D eigenvalue weighted by Gasteiger charge is -2.44. The molecule has 0 N–H and O–H groups in total. The van der Waals surface area contributed by atoms with Crippen LogP contribution in [0.1, 0.15) is 18.4 Å². The molecule has 4 rings (SSSR count). The van der Waals surface area contributed by atoms with Crippen LogP contribution in [0.3, 0.4) is 0 Å². The summed E-state index contributed by atoms with van der Waals surface area (Å²) in [7, 11) is -1.91. The van der Waals surface area contributed by atoms with Crippen LogP contribution in [-0.4, -0.2) is 50.9 Å². The van der Waals surface area contributed by atoms with Gasteiger partial charge in [-0.15, -0.1) is 0 Å². The molecule has 7 heteroatoms. The predicted molar refractivity (Wildman–Crippen MR) is 105 cm³/mol. The molecular formula is C21H25FN2O3S. The number of benzene rings is 2. The van der Waals surface area contributed by atoms with E-state index in [1.807, 2.05) is 12.1 Å². The SMILES string of the molecule is CN1CC2(CCN(Cc3ccc(F)cc3)CC2)COc2ccccc2S1(=O)=O. The fourth-order valence-electron chi connectivity index (χ4n) is 4.12. The van der Waals surface area contributed by atoms with E-state index in [-0.39, 0.29) is 16.1 Å². The van der Waals surface area contributed by atoms with E-state index in [0.29, 0.717) is 18.9 Å². The zero-order valence-corrected chi connectivity index (χ0v) is 16.8. The number of hydrogen-bond donors (Lipinski definition) is 0. The normalized spacial score (nSPS) is 22.1.